The number of ether oxygens (including phenoxy) is 3. The maximum atomic E-state index is 12.1. The topological polar surface area (TPSA) is 284 Å². The van der Waals surface area contributed by atoms with Crippen LogP contribution in [0.15, 0.2) is 142 Å². The molecule has 3 aromatic carbocycles. The van der Waals surface area contributed by atoms with Crippen molar-refractivity contribution in [3.05, 3.63) is 158 Å². The number of para-hydroxylation sites is 3. The summed E-state index contributed by atoms with van der Waals surface area (Å²) in [7, 11) is 0. The van der Waals surface area contributed by atoms with E-state index in [9.17, 15) is 44.7 Å². The van der Waals surface area contributed by atoms with Gasteiger partial charge < -0.3 is 14.2 Å². The molecule has 63 heavy (non-hydrogen) atoms. The molecule has 21 nitrogen and oxygen atoms in total. The molecule has 1 heterocycles. The molecule has 6 atom stereocenters. The molecule has 0 spiro atoms. The van der Waals surface area contributed by atoms with E-state index in [-0.39, 0.29) is 36.0 Å². The van der Waals surface area contributed by atoms with Crippen LogP contribution >= 0.6 is 0 Å². The van der Waals surface area contributed by atoms with Crippen LogP contribution in [0, 0.1) is 30.3 Å². The molecule has 0 radical (unpaired) electrons. The highest BCUT2D eigenvalue weighted by atomic mass is 16.6. The average molecular weight is 856 g/mol. The first-order chi connectivity index (χ1) is 30.4. The SMILES string of the molecule is O=CC1([N+](=O)[O-])C=CC(Oc2nc(OC3C=CC(C=O)([N+](=O)[O-])CC3=Nc3ccccc3)nc(OC3C=CC(C=O)([N+](=O)[O-])CC3=Nc3ccccc3)n2)C(=Nc2ccccc2)C1. The van der Waals surface area contributed by atoms with Gasteiger partial charge in [0.15, 0.2) is 18.3 Å². The monoisotopic (exact) mass is 855 g/mol. The quantitative estimate of drug-likeness (QED) is 0.0661. The van der Waals surface area contributed by atoms with Gasteiger partial charge in [0.1, 0.15) is 0 Å². The fraction of sp³-hybridized carbons (Fsp3) is 0.214. The molecule has 0 N–H and O–H groups in total. The minimum absolute atomic E-state index is 0.0350. The number of aldehydes is 3. The van der Waals surface area contributed by atoms with Crippen LogP contribution in [0.2, 0.25) is 0 Å². The zero-order valence-corrected chi connectivity index (χ0v) is 32.6. The van der Waals surface area contributed by atoms with Gasteiger partial charge in [-0.2, -0.15) is 0 Å². The predicted molar refractivity (Wildman–Crippen MR) is 222 cm³/mol. The van der Waals surface area contributed by atoms with Crippen molar-refractivity contribution < 1.29 is 43.4 Å². The zero-order valence-electron chi connectivity index (χ0n) is 32.6. The lowest BCUT2D eigenvalue weighted by atomic mass is 9.86. The van der Waals surface area contributed by atoms with E-state index < -0.39 is 87.0 Å². The number of hydrogen-bond acceptors (Lipinski definition) is 18. The number of nitro groups is 3. The Morgan fingerprint density at radius 3 is 0.952 bits per heavy atom. The van der Waals surface area contributed by atoms with Crippen LogP contribution in [0.4, 0.5) is 17.1 Å². The molecule has 318 valence electrons. The van der Waals surface area contributed by atoms with Gasteiger partial charge in [-0.3, -0.25) is 59.7 Å². The number of carbonyl (C=O) groups is 3. The summed E-state index contributed by atoms with van der Waals surface area (Å²) in [5.41, 5.74) is -5.25. The lowest BCUT2D eigenvalue weighted by Gasteiger charge is -2.28. The Balaban J connectivity index is 1.33. The largest absolute Gasteiger partial charge is 0.449 e. The number of aromatic nitrogens is 3. The van der Waals surface area contributed by atoms with E-state index in [2.05, 4.69) is 29.9 Å². The van der Waals surface area contributed by atoms with Crippen molar-refractivity contribution in [1.82, 2.24) is 15.0 Å². The van der Waals surface area contributed by atoms with Gasteiger partial charge in [0.05, 0.1) is 53.5 Å². The van der Waals surface area contributed by atoms with Crippen LogP contribution in [0.1, 0.15) is 19.3 Å². The maximum Gasteiger partial charge on any atom is 0.326 e. The number of hydrogen-bond donors (Lipinski definition) is 0. The summed E-state index contributed by atoms with van der Waals surface area (Å²) in [6.45, 7) is 0. The van der Waals surface area contributed by atoms with Gasteiger partial charge in [0.25, 0.3) is 16.6 Å². The van der Waals surface area contributed by atoms with Crippen molar-refractivity contribution in [2.45, 2.75) is 54.2 Å². The van der Waals surface area contributed by atoms with Crippen LogP contribution in [0.3, 0.4) is 0 Å². The molecular weight excluding hydrogens is 823 g/mol. The van der Waals surface area contributed by atoms with Crippen molar-refractivity contribution in [3.63, 3.8) is 0 Å². The minimum atomic E-state index is -2.17. The number of aliphatic imine (C=N–C) groups is 3. The summed E-state index contributed by atoms with van der Waals surface area (Å²) in [5, 5.41) is 36.4. The lowest BCUT2D eigenvalue weighted by molar-refractivity contribution is -0.534. The van der Waals surface area contributed by atoms with Gasteiger partial charge in [-0.05, 0) is 72.9 Å². The maximum absolute atomic E-state index is 12.1. The first kappa shape index (κ1) is 42.6. The van der Waals surface area contributed by atoms with Crippen LogP contribution in [-0.4, -0.2) is 101 Å². The average Bonchev–Trinajstić information content (AvgIpc) is 3.29. The fourth-order valence-electron chi connectivity index (χ4n) is 6.65. The lowest BCUT2D eigenvalue weighted by Crippen LogP contribution is -2.47. The Morgan fingerprint density at radius 2 is 0.730 bits per heavy atom. The third kappa shape index (κ3) is 9.31. The molecule has 0 fully saturated rings. The Kier molecular flexibility index (Phi) is 12.2. The Labute approximate surface area is 355 Å². The second kappa shape index (κ2) is 18.0. The summed E-state index contributed by atoms with van der Waals surface area (Å²) in [6.07, 6.45) is 2.30. The standard InChI is InChI=1S/C42H33N9O12/c52-25-40(49(55)56)19-16-34(31(22-40)43-28-10-4-1-5-11-28)61-37-46-38(62-35-17-20-41(26-53,50(57)58)23-32(35)44-29-12-6-2-7-13-29)48-39(47-37)63-36-18-21-42(27-54,51(59)60)24-33(36)45-30-14-8-3-9-15-30/h1-21,25-27,34-36H,22-24H2. The van der Waals surface area contributed by atoms with Crippen molar-refractivity contribution >= 4 is 53.1 Å². The highest BCUT2D eigenvalue weighted by Crippen LogP contribution is 2.32. The summed E-state index contributed by atoms with van der Waals surface area (Å²) >= 11 is 0. The molecule has 4 aromatic rings. The molecule has 21 heteroatoms. The van der Waals surface area contributed by atoms with Gasteiger partial charge in [0.2, 0.25) is 18.9 Å². The zero-order chi connectivity index (χ0) is 44.6. The summed E-state index contributed by atoms with van der Waals surface area (Å²) in [6, 6.07) is 23.6. The highest BCUT2D eigenvalue weighted by Gasteiger charge is 2.49. The van der Waals surface area contributed by atoms with E-state index >= 15 is 0 Å². The Bertz CT molecular complexity index is 2330. The van der Waals surface area contributed by atoms with Crippen molar-refractivity contribution in [2.24, 2.45) is 15.0 Å². The highest BCUT2D eigenvalue weighted by molar-refractivity contribution is 5.99. The van der Waals surface area contributed by atoms with Crippen LogP contribution < -0.4 is 14.2 Å². The second-order valence-corrected chi connectivity index (χ2v) is 14.3. The molecule has 0 saturated heterocycles. The molecule has 7 rings (SSSR count). The molecule has 1 aromatic heterocycles. The fourth-order valence-corrected chi connectivity index (χ4v) is 6.65. The second-order valence-electron chi connectivity index (χ2n) is 14.3. The van der Waals surface area contributed by atoms with Gasteiger partial charge >= 0.3 is 18.0 Å². The van der Waals surface area contributed by atoms with E-state index in [1.807, 2.05) is 0 Å². The van der Waals surface area contributed by atoms with Crippen molar-refractivity contribution in [3.8, 4) is 18.0 Å². The smallest absolute Gasteiger partial charge is 0.326 e. The summed E-state index contributed by atoms with van der Waals surface area (Å²) < 4.78 is 18.5. The van der Waals surface area contributed by atoms with Crippen LogP contribution in [0.5, 0.6) is 18.0 Å². The third-order valence-electron chi connectivity index (χ3n) is 10.0. The van der Waals surface area contributed by atoms with E-state index in [1.54, 1.807) is 91.0 Å². The van der Waals surface area contributed by atoms with Gasteiger partial charge in [-0.1, -0.05) is 54.6 Å². The molecule has 0 aliphatic heterocycles. The Morgan fingerprint density at radius 1 is 0.476 bits per heavy atom. The van der Waals surface area contributed by atoms with E-state index in [0.29, 0.717) is 17.1 Å². The number of rotatable bonds is 15. The predicted octanol–water partition coefficient (Wildman–Crippen LogP) is 4.95. The molecule has 3 aliphatic rings. The molecule has 0 amide bonds. The molecule has 6 unspecified atom stereocenters. The third-order valence-corrected chi connectivity index (χ3v) is 10.0. The van der Waals surface area contributed by atoms with Gasteiger partial charge in [-0.15, -0.1) is 15.0 Å². The normalized spacial score (nSPS) is 27.0. The van der Waals surface area contributed by atoms with Crippen LogP contribution in [0.25, 0.3) is 0 Å². The minimum Gasteiger partial charge on any atom is -0.449 e. The van der Waals surface area contributed by atoms with Crippen LogP contribution in [-0.2, 0) is 14.4 Å². The first-order valence-electron chi connectivity index (χ1n) is 18.9. The first-order valence-corrected chi connectivity index (χ1v) is 18.9. The number of benzene rings is 3. The van der Waals surface area contributed by atoms with Crippen molar-refractivity contribution in [2.75, 3.05) is 0 Å². The van der Waals surface area contributed by atoms with Gasteiger partial charge in [0, 0.05) is 14.8 Å². The number of nitrogens with zero attached hydrogens (tertiary/aromatic N) is 9. The molecule has 3 aliphatic carbocycles. The van der Waals surface area contributed by atoms with E-state index in [4.69, 9.17) is 14.2 Å². The van der Waals surface area contributed by atoms with E-state index in [0.717, 1.165) is 18.2 Å². The van der Waals surface area contributed by atoms with Gasteiger partial charge in [-0.25, -0.2) is 0 Å². The Hall–Kier alpha value is -8.49. The number of carbonyl (C=O) groups excluding carboxylic acids is 3. The molecule has 0 saturated carbocycles. The summed E-state index contributed by atoms with van der Waals surface area (Å²) in [5.74, 6) is 0. The summed E-state index contributed by atoms with van der Waals surface area (Å²) in [4.78, 5) is 97.1. The van der Waals surface area contributed by atoms with E-state index in [1.165, 1.54) is 18.2 Å². The molecular formula is C42H33N9O12. The molecule has 0 bridgehead atoms. The van der Waals surface area contributed by atoms with Crippen molar-refractivity contribution in [1.29, 1.82) is 0 Å².